The fraction of sp³-hybridized carbons (Fsp3) is 0.333. The first-order chi connectivity index (χ1) is 10.5. The van der Waals surface area contributed by atoms with Crippen molar-refractivity contribution in [2.75, 3.05) is 0 Å². The van der Waals surface area contributed by atoms with Crippen LogP contribution >= 0.6 is 11.3 Å². The zero-order valence-electron chi connectivity index (χ0n) is 13.5. The van der Waals surface area contributed by atoms with Crippen LogP contribution in [0.3, 0.4) is 0 Å². The van der Waals surface area contributed by atoms with E-state index in [0.717, 1.165) is 16.3 Å². The summed E-state index contributed by atoms with van der Waals surface area (Å²) in [7, 11) is 0. The summed E-state index contributed by atoms with van der Waals surface area (Å²) in [4.78, 5) is 16.3. The third-order valence-corrected chi connectivity index (χ3v) is 4.26. The molecule has 0 saturated heterocycles. The number of benzene rings is 1. The fourth-order valence-corrected chi connectivity index (χ4v) is 2.78. The standard InChI is InChI=1S/C18H22N2OS/c1-12(2)16-8-5-15(6-9-16)7-10-18(21)19-13(3)17-11-22-14(4)20-17/h5-13H,1-4H3,(H,19,21)/b10-7+. The Hall–Kier alpha value is -1.94. The first-order valence-electron chi connectivity index (χ1n) is 7.46. The Kier molecular flexibility index (Phi) is 5.50. The van der Waals surface area contributed by atoms with Crippen LogP contribution in [0.4, 0.5) is 0 Å². The highest BCUT2D eigenvalue weighted by Crippen LogP contribution is 2.16. The number of nitrogens with zero attached hydrogens (tertiary/aromatic N) is 1. The average molecular weight is 314 g/mol. The molecule has 0 spiro atoms. The van der Waals surface area contributed by atoms with Gasteiger partial charge in [-0.25, -0.2) is 4.98 Å². The molecule has 0 aliphatic heterocycles. The molecule has 116 valence electrons. The third kappa shape index (κ3) is 4.53. The number of hydrogen-bond acceptors (Lipinski definition) is 3. The molecule has 1 N–H and O–H groups in total. The van der Waals surface area contributed by atoms with Gasteiger partial charge in [-0.2, -0.15) is 0 Å². The molecule has 0 saturated carbocycles. The van der Waals surface area contributed by atoms with E-state index >= 15 is 0 Å². The van der Waals surface area contributed by atoms with Gasteiger partial charge in [0.25, 0.3) is 0 Å². The van der Waals surface area contributed by atoms with Gasteiger partial charge in [0.2, 0.25) is 5.91 Å². The van der Waals surface area contributed by atoms with Crippen LogP contribution in [0.25, 0.3) is 6.08 Å². The molecule has 1 aromatic carbocycles. The number of amides is 1. The van der Waals surface area contributed by atoms with Crippen molar-refractivity contribution in [1.29, 1.82) is 0 Å². The highest BCUT2D eigenvalue weighted by molar-refractivity contribution is 7.09. The lowest BCUT2D eigenvalue weighted by molar-refractivity contribution is -0.117. The van der Waals surface area contributed by atoms with Gasteiger partial charge in [0.1, 0.15) is 0 Å². The van der Waals surface area contributed by atoms with Crippen molar-refractivity contribution >= 4 is 23.3 Å². The van der Waals surface area contributed by atoms with Crippen LogP contribution in [0.2, 0.25) is 0 Å². The molecule has 22 heavy (non-hydrogen) atoms. The van der Waals surface area contributed by atoms with Crippen LogP contribution in [0, 0.1) is 6.92 Å². The number of carbonyl (C=O) groups excluding carboxylic acids is 1. The van der Waals surface area contributed by atoms with Gasteiger partial charge >= 0.3 is 0 Å². The van der Waals surface area contributed by atoms with Crippen LogP contribution in [-0.4, -0.2) is 10.9 Å². The Bertz CT molecular complexity index is 656. The predicted molar refractivity (Wildman–Crippen MR) is 93.0 cm³/mol. The van der Waals surface area contributed by atoms with Crippen LogP contribution < -0.4 is 5.32 Å². The van der Waals surface area contributed by atoms with Crippen molar-refractivity contribution in [2.24, 2.45) is 0 Å². The molecule has 1 unspecified atom stereocenters. The first kappa shape index (κ1) is 16.4. The Balaban J connectivity index is 1.93. The second-order valence-electron chi connectivity index (χ2n) is 5.68. The minimum absolute atomic E-state index is 0.0783. The largest absolute Gasteiger partial charge is 0.344 e. The van der Waals surface area contributed by atoms with E-state index in [1.807, 2.05) is 37.4 Å². The van der Waals surface area contributed by atoms with Crippen LogP contribution in [0.15, 0.2) is 35.7 Å². The van der Waals surface area contributed by atoms with Gasteiger partial charge in [0.15, 0.2) is 0 Å². The Labute approximate surface area is 136 Å². The molecule has 0 aliphatic rings. The van der Waals surface area contributed by atoms with Crippen molar-refractivity contribution in [1.82, 2.24) is 10.3 Å². The van der Waals surface area contributed by atoms with Crippen LogP contribution in [0.1, 0.15) is 54.6 Å². The maximum Gasteiger partial charge on any atom is 0.244 e. The quantitative estimate of drug-likeness (QED) is 0.828. The molecule has 1 amide bonds. The first-order valence-corrected chi connectivity index (χ1v) is 8.34. The van der Waals surface area contributed by atoms with E-state index in [-0.39, 0.29) is 11.9 Å². The molecule has 2 aromatic rings. The molecule has 1 atom stereocenters. The monoisotopic (exact) mass is 314 g/mol. The van der Waals surface area contributed by atoms with Gasteiger partial charge in [-0.1, -0.05) is 38.1 Å². The maximum atomic E-state index is 12.0. The van der Waals surface area contributed by atoms with Gasteiger partial charge < -0.3 is 5.32 Å². The topological polar surface area (TPSA) is 42.0 Å². The van der Waals surface area contributed by atoms with Crippen molar-refractivity contribution in [3.05, 3.63) is 57.6 Å². The van der Waals surface area contributed by atoms with E-state index in [4.69, 9.17) is 0 Å². The lowest BCUT2D eigenvalue weighted by atomic mass is 10.0. The summed E-state index contributed by atoms with van der Waals surface area (Å²) in [6, 6.07) is 8.19. The number of rotatable bonds is 5. The number of carbonyl (C=O) groups is 1. The second-order valence-corrected chi connectivity index (χ2v) is 6.74. The summed E-state index contributed by atoms with van der Waals surface area (Å²) in [5.74, 6) is 0.412. The molecule has 1 heterocycles. The lowest BCUT2D eigenvalue weighted by Gasteiger charge is -2.09. The van der Waals surface area contributed by atoms with Crippen LogP contribution in [0.5, 0.6) is 0 Å². The van der Waals surface area contributed by atoms with E-state index in [1.54, 1.807) is 17.4 Å². The summed E-state index contributed by atoms with van der Waals surface area (Å²) < 4.78 is 0. The van der Waals surface area contributed by atoms with Gasteiger partial charge in [-0.05, 0) is 37.0 Å². The van der Waals surface area contributed by atoms with Gasteiger partial charge in [-0.3, -0.25) is 4.79 Å². The summed E-state index contributed by atoms with van der Waals surface area (Å²) in [5.41, 5.74) is 3.23. The summed E-state index contributed by atoms with van der Waals surface area (Å²) in [5, 5.41) is 5.92. The Morgan fingerprint density at radius 3 is 2.45 bits per heavy atom. The van der Waals surface area contributed by atoms with Crippen molar-refractivity contribution in [3.8, 4) is 0 Å². The fourth-order valence-electron chi connectivity index (χ4n) is 2.08. The molecule has 0 aliphatic carbocycles. The molecular weight excluding hydrogens is 292 g/mol. The van der Waals surface area contributed by atoms with E-state index in [1.165, 1.54) is 5.56 Å². The number of nitrogens with one attached hydrogen (secondary N) is 1. The lowest BCUT2D eigenvalue weighted by Crippen LogP contribution is -2.24. The second kappa shape index (κ2) is 7.36. The van der Waals surface area contributed by atoms with Crippen molar-refractivity contribution < 1.29 is 4.79 Å². The molecule has 0 bridgehead atoms. The molecule has 0 fully saturated rings. The highest BCUT2D eigenvalue weighted by Gasteiger charge is 2.10. The van der Waals surface area contributed by atoms with Crippen LogP contribution in [-0.2, 0) is 4.79 Å². The molecule has 2 rings (SSSR count). The van der Waals surface area contributed by atoms with E-state index in [9.17, 15) is 4.79 Å². The van der Waals surface area contributed by atoms with Gasteiger partial charge in [0.05, 0.1) is 16.7 Å². The van der Waals surface area contributed by atoms with E-state index in [0.29, 0.717) is 5.92 Å². The van der Waals surface area contributed by atoms with Gasteiger partial charge in [-0.15, -0.1) is 11.3 Å². The minimum Gasteiger partial charge on any atom is -0.344 e. The molecule has 1 aromatic heterocycles. The van der Waals surface area contributed by atoms with E-state index in [2.05, 4.69) is 36.3 Å². The summed E-state index contributed by atoms with van der Waals surface area (Å²) in [6.07, 6.45) is 3.40. The molecular formula is C18H22N2OS. The third-order valence-electron chi connectivity index (χ3n) is 3.47. The number of hydrogen-bond donors (Lipinski definition) is 1. The molecule has 4 heteroatoms. The zero-order chi connectivity index (χ0) is 16.1. The number of thiazole rings is 1. The summed E-state index contributed by atoms with van der Waals surface area (Å²) >= 11 is 1.59. The Morgan fingerprint density at radius 1 is 1.23 bits per heavy atom. The predicted octanol–water partition coefficient (Wildman–Crippen LogP) is 4.47. The molecule has 0 radical (unpaired) electrons. The minimum atomic E-state index is -0.105. The molecule has 3 nitrogen and oxygen atoms in total. The van der Waals surface area contributed by atoms with Crippen molar-refractivity contribution in [3.63, 3.8) is 0 Å². The highest BCUT2D eigenvalue weighted by atomic mass is 32.1. The SMILES string of the molecule is Cc1nc(C(C)NC(=O)/C=C/c2ccc(C(C)C)cc2)cs1. The number of aromatic nitrogens is 1. The van der Waals surface area contributed by atoms with E-state index < -0.39 is 0 Å². The maximum absolute atomic E-state index is 12.0. The summed E-state index contributed by atoms with van der Waals surface area (Å²) in [6.45, 7) is 8.24. The number of aryl methyl sites for hydroxylation is 1. The van der Waals surface area contributed by atoms with Gasteiger partial charge in [0, 0.05) is 11.5 Å². The Morgan fingerprint density at radius 2 is 1.91 bits per heavy atom. The average Bonchev–Trinajstić information content (AvgIpc) is 2.92. The normalized spacial score (nSPS) is 12.8. The smallest absolute Gasteiger partial charge is 0.244 e. The van der Waals surface area contributed by atoms with Crippen molar-refractivity contribution in [2.45, 2.75) is 39.7 Å². The zero-order valence-corrected chi connectivity index (χ0v) is 14.3.